The van der Waals surface area contributed by atoms with E-state index in [2.05, 4.69) is 14.9 Å². The van der Waals surface area contributed by atoms with Crippen LogP contribution in [0.5, 0.6) is 5.75 Å². The Balaban J connectivity index is 2.43. The summed E-state index contributed by atoms with van der Waals surface area (Å²) in [5.41, 5.74) is 1.36. The first-order valence-electron chi connectivity index (χ1n) is 4.43. The van der Waals surface area contributed by atoms with Crippen molar-refractivity contribution in [2.75, 3.05) is 7.11 Å². The lowest BCUT2D eigenvalue weighted by Crippen LogP contribution is -2.04. The summed E-state index contributed by atoms with van der Waals surface area (Å²) in [4.78, 5) is 11.1. The van der Waals surface area contributed by atoms with Crippen LogP contribution >= 0.6 is 0 Å². The first-order chi connectivity index (χ1) is 7.20. The van der Waals surface area contributed by atoms with Crippen LogP contribution < -0.4 is 0 Å². The first kappa shape index (κ1) is 9.51. The number of phenolic OH excluding ortho intramolecular Hbond substituents is 1. The molecule has 5 heteroatoms. The van der Waals surface area contributed by atoms with Gasteiger partial charge in [-0.25, -0.2) is 0 Å². The number of rotatable bonds is 2. The highest BCUT2D eigenvalue weighted by Crippen LogP contribution is 2.21. The minimum absolute atomic E-state index is 0.121. The number of benzene rings is 1. The summed E-state index contributed by atoms with van der Waals surface area (Å²) >= 11 is 0. The second-order valence-corrected chi connectivity index (χ2v) is 3.16. The first-order valence-corrected chi connectivity index (χ1v) is 4.43. The molecule has 0 spiro atoms. The SMILES string of the molecule is COC(=O)Cc1[nH]nc2ccc(O)cc12. The van der Waals surface area contributed by atoms with Gasteiger partial charge in [0.25, 0.3) is 0 Å². The second-order valence-electron chi connectivity index (χ2n) is 3.16. The Labute approximate surface area is 85.7 Å². The lowest BCUT2D eigenvalue weighted by molar-refractivity contribution is -0.139. The number of hydrogen-bond donors (Lipinski definition) is 2. The maximum atomic E-state index is 11.1. The molecule has 0 bridgehead atoms. The normalized spacial score (nSPS) is 10.5. The molecule has 0 fully saturated rings. The van der Waals surface area contributed by atoms with E-state index in [9.17, 15) is 9.90 Å². The second kappa shape index (κ2) is 3.61. The molecule has 5 nitrogen and oxygen atoms in total. The van der Waals surface area contributed by atoms with E-state index in [4.69, 9.17) is 0 Å². The van der Waals surface area contributed by atoms with Gasteiger partial charge >= 0.3 is 5.97 Å². The molecule has 0 aliphatic heterocycles. The highest BCUT2D eigenvalue weighted by atomic mass is 16.5. The van der Waals surface area contributed by atoms with E-state index in [0.717, 1.165) is 5.39 Å². The number of phenols is 1. The molecule has 0 aliphatic rings. The number of carbonyl (C=O) groups is 1. The van der Waals surface area contributed by atoms with Crippen molar-refractivity contribution in [1.29, 1.82) is 0 Å². The Bertz CT molecular complexity index is 504. The van der Waals surface area contributed by atoms with Crippen LogP contribution in [0.4, 0.5) is 0 Å². The van der Waals surface area contributed by atoms with E-state index in [0.29, 0.717) is 11.2 Å². The zero-order valence-electron chi connectivity index (χ0n) is 8.15. The van der Waals surface area contributed by atoms with Crippen molar-refractivity contribution in [3.63, 3.8) is 0 Å². The van der Waals surface area contributed by atoms with Crippen LogP contribution in [-0.2, 0) is 16.0 Å². The van der Waals surface area contributed by atoms with Gasteiger partial charge in [0.05, 0.1) is 24.7 Å². The summed E-state index contributed by atoms with van der Waals surface area (Å²) in [7, 11) is 1.33. The molecule has 2 aromatic rings. The van der Waals surface area contributed by atoms with Crippen LogP contribution in [0.15, 0.2) is 18.2 Å². The molecule has 1 heterocycles. The summed E-state index contributed by atoms with van der Waals surface area (Å²) in [6.45, 7) is 0. The molecule has 2 rings (SSSR count). The smallest absolute Gasteiger partial charge is 0.311 e. The van der Waals surface area contributed by atoms with E-state index in [-0.39, 0.29) is 18.1 Å². The van der Waals surface area contributed by atoms with Crippen LogP contribution in [-0.4, -0.2) is 28.4 Å². The predicted molar refractivity (Wildman–Crippen MR) is 53.5 cm³/mol. The van der Waals surface area contributed by atoms with Gasteiger partial charge in [0.1, 0.15) is 5.75 Å². The summed E-state index contributed by atoms with van der Waals surface area (Å²) < 4.78 is 4.55. The highest BCUT2D eigenvalue weighted by Gasteiger charge is 2.10. The number of aromatic amines is 1. The van der Waals surface area contributed by atoms with E-state index < -0.39 is 0 Å². The number of hydrogen-bond acceptors (Lipinski definition) is 4. The lowest BCUT2D eigenvalue weighted by atomic mass is 10.1. The molecule has 1 aromatic carbocycles. The third kappa shape index (κ3) is 1.76. The standard InChI is InChI=1S/C10H10N2O3/c1-15-10(14)5-9-7-4-6(13)2-3-8(7)11-12-9/h2-4,13H,5H2,1H3,(H,11,12). The Morgan fingerprint density at radius 3 is 3.13 bits per heavy atom. The number of carbonyl (C=O) groups excluding carboxylic acids is 1. The average molecular weight is 206 g/mol. The molecule has 78 valence electrons. The monoisotopic (exact) mass is 206 g/mol. The van der Waals surface area contributed by atoms with Gasteiger partial charge in [-0.15, -0.1) is 0 Å². The molecule has 1 aromatic heterocycles. The van der Waals surface area contributed by atoms with Gasteiger partial charge < -0.3 is 9.84 Å². The predicted octanol–water partition coefficient (Wildman–Crippen LogP) is 0.984. The zero-order chi connectivity index (χ0) is 10.8. The van der Waals surface area contributed by atoms with Crippen molar-refractivity contribution < 1.29 is 14.6 Å². The fourth-order valence-electron chi connectivity index (χ4n) is 1.40. The van der Waals surface area contributed by atoms with Crippen LogP contribution in [0.25, 0.3) is 10.9 Å². The summed E-state index contributed by atoms with van der Waals surface area (Å²) in [5, 5.41) is 16.8. The van der Waals surface area contributed by atoms with Gasteiger partial charge in [0.15, 0.2) is 0 Å². The summed E-state index contributed by atoms with van der Waals surface area (Å²) in [6.07, 6.45) is 0.121. The quantitative estimate of drug-likeness (QED) is 0.718. The molecular weight excluding hydrogens is 196 g/mol. The summed E-state index contributed by atoms with van der Waals surface area (Å²) in [5.74, 6) is -0.195. The molecule has 0 unspecified atom stereocenters. The van der Waals surface area contributed by atoms with Crippen LogP contribution in [0.2, 0.25) is 0 Å². The number of methoxy groups -OCH3 is 1. The molecule has 0 aliphatic carbocycles. The fraction of sp³-hybridized carbons (Fsp3) is 0.200. The van der Waals surface area contributed by atoms with Gasteiger partial charge in [-0.2, -0.15) is 5.10 Å². The topological polar surface area (TPSA) is 75.2 Å². The summed E-state index contributed by atoms with van der Waals surface area (Å²) in [6, 6.07) is 4.80. The Hall–Kier alpha value is -2.04. The average Bonchev–Trinajstić information content (AvgIpc) is 2.61. The maximum absolute atomic E-state index is 11.1. The van der Waals surface area contributed by atoms with Crippen molar-refractivity contribution in [3.05, 3.63) is 23.9 Å². The molecule has 0 radical (unpaired) electrons. The minimum Gasteiger partial charge on any atom is -0.508 e. The van der Waals surface area contributed by atoms with E-state index in [1.165, 1.54) is 7.11 Å². The van der Waals surface area contributed by atoms with Crippen LogP contribution in [0, 0.1) is 0 Å². The number of H-pyrrole nitrogens is 1. The molecule has 2 N–H and O–H groups in total. The van der Waals surface area contributed by atoms with Gasteiger partial charge in [0.2, 0.25) is 0 Å². The number of aromatic hydroxyl groups is 1. The third-order valence-electron chi connectivity index (χ3n) is 2.17. The van der Waals surface area contributed by atoms with Gasteiger partial charge in [-0.3, -0.25) is 9.89 Å². The largest absolute Gasteiger partial charge is 0.508 e. The Morgan fingerprint density at radius 2 is 2.40 bits per heavy atom. The Morgan fingerprint density at radius 1 is 1.60 bits per heavy atom. The number of ether oxygens (including phenoxy) is 1. The van der Waals surface area contributed by atoms with E-state index in [1.807, 2.05) is 0 Å². The number of esters is 1. The molecular formula is C10H10N2O3. The number of fused-ring (bicyclic) bond motifs is 1. The van der Waals surface area contributed by atoms with E-state index in [1.54, 1.807) is 18.2 Å². The van der Waals surface area contributed by atoms with Crippen molar-refractivity contribution >= 4 is 16.9 Å². The van der Waals surface area contributed by atoms with Gasteiger partial charge in [0, 0.05) is 5.39 Å². The molecule has 0 saturated heterocycles. The lowest BCUT2D eigenvalue weighted by Gasteiger charge is -1.97. The van der Waals surface area contributed by atoms with Crippen molar-refractivity contribution in [3.8, 4) is 5.75 Å². The Kier molecular flexibility index (Phi) is 2.29. The van der Waals surface area contributed by atoms with Gasteiger partial charge in [-0.05, 0) is 18.2 Å². The molecule has 0 amide bonds. The molecule has 15 heavy (non-hydrogen) atoms. The van der Waals surface area contributed by atoms with Crippen molar-refractivity contribution in [2.24, 2.45) is 0 Å². The van der Waals surface area contributed by atoms with Crippen molar-refractivity contribution in [2.45, 2.75) is 6.42 Å². The third-order valence-corrected chi connectivity index (χ3v) is 2.17. The fourth-order valence-corrected chi connectivity index (χ4v) is 1.40. The zero-order valence-corrected chi connectivity index (χ0v) is 8.15. The van der Waals surface area contributed by atoms with Crippen molar-refractivity contribution in [1.82, 2.24) is 10.2 Å². The van der Waals surface area contributed by atoms with E-state index >= 15 is 0 Å². The van der Waals surface area contributed by atoms with Crippen LogP contribution in [0.1, 0.15) is 5.69 Å². The maximum Gasteiger partial charge on any atom is 0.311 e. The molecule has 0 saturated carbocycles. The van der Waals surface area contributed by atoms with Crippen LogP contribution in [0.3, 0.4) is 0 Å². The number of nitrogens with one attached hydrogen (secondary N) is 1. The number of aromatic nitrogens is 2. The number of nitrogens with zero attached hydrogens (tertiary/aromatic N) is 1. The minimum atomic E-state index is -0.344. The van der Waals surface area contributed by atoms with Gasteiger partial charge in [-0.1, -0.05) is 0 Å². The highest BCUT2D eigenvalue weighted by molar-refractivity contribution is 5.86. The molecule has 0 atom stereocenters.